The largest absolute Gasteiger partial charge is 0.455 e. The van der Waals surface area contributed by atoms with Crippen LogP contribution in [0.1, 0.15) is 23.1 Å². The number of fused-ring (bicyclic) bond motifs is 1. The fourth-order valence-electron chi connectivity index (χ4n) is 4.62. The first-order chi connectivity index (χ1) is 19.7. The van der Waals surface area contributed by atoms with E-state index in [0.717, 1.165) is 35.2 Å². The van der Waals surface area contributed by atoms with Crippen LogP contribution >= 0.6 is 0 Å². The van der Waals surface area contributed by atoms with Crippen LogP contribution in [-0.4, -0.2) is 31.6 Å². The fourth-order valence-corrected chi connectivity index (χ4v) is 4.62. The van der Waals surface area contributed by atoms with Crippen LogP contribution < -0.4 is 15.0 Å². The van der Waals surface area contributed by atoms with Gasteiger partial charge in [0.2, 0.25) is 5.91 Å². The number of carbonyl (C=O) groups excluding carboxylic acids is 2. The van der Waals surface area contributed by atoms with E-state index < -0.39 is 0 Å². The maximum absolute atomic E-state index is 13.2. The van der Waals surface area contributed by atoms with Gasteiger partial charge < -0.3 is 24.4 Å². The monoisotopic (exact) mass is 536 g/mol. The molecule has 1 N–H and O–H groups in total. The number of ether oxygens (including phenoxy) is 3. The number of benzene rings is 4. The van der Waals surface area contributed by atoms with E-state index in [9.17, 15) is 9.59 Å². The molecular weight excluding hydrogens is 504 g/mol. The molecule has 0 bridgehead atoms. The van der Waals surface area contributed by atoms with Crippen molar-refractivity contribution in [2.24, 2.45) is 0 Å². The number of aryl methyl sites for hydroxylation is 1. The summed E-state index contributed by atoms with van der Waals surface area (Å²) in [6.07, 6.45) is 1.75. The van der Waals surface area contributed by atoms with Gasteiger partial charge in [0.05, 0.1) is 18.9 Å². The van der Waals surface area contributed by atoms with Crippen molar-refractivity contribution in [1.82, 2.24) is 0 Å². The Morgan fingerprint density at radius 2 is 1.38 bits per heavy atom. The SMILES string of the molecule is O=C(COCc1ccccc1)Nc1ccc(Oc2cccc3c2N(C(=O)COCc2ccccc2)CCC3)cc1. The average Bonchev–Trinajstić information content (AvgIpc) is 2.99. The minimum Gasteiger partial charge on any atom is -0.455 e. The number of nitrogens with zero attached hydrogens (tertiary/aromatic N) is 1. The second kappa shape index (κ2) is 13.6. The molecule has 2 amide bonds. The number of anilines is 2. The predicted molar refractivity (Wildman–Crippen MR) is 154 cm³/mol. The van der Waals surface area contributed by atoms with Crippen molar-refractivity contribution in [2.75, 3.05) is 30.0 Å². The van der Waals surface area contributed by atoms with Crippen molar-refractivity contribution in [1.29, 1.82) is 0 Å². The number of hydrogen-bond donors (Lipinski definition) is 1. The molecule has 7 heteroatoms. The predicted octanol–water partition coefficient (Wildman–Crippen LogP) is 6.13. The summed E-state index contributed by atoms with van der Waals surface area (Å²) in [5, 5.41) is 2.84. The Bertz CT molecular complexity index is 1410. The minimum absolute atomic E-state index is 0.00781. The molecule has 0 radical (unpaired) electrons. The first kappa shape index (κ1) is 27.1. The third kappa shape index (κ3) is 7.34. The van der Waals surface area contributed by atoms with Gasteiger partial charge in [-0.1, -0.05) is 72.8 Å². The Morgan fingerprint density at radius 3 is 2.05 bits per heavy atom. The number of nitrogens with one attached hydrogen (secondary N) is 1. The number of rotatable bonds is 11. The molecular formula is C33H32N2O5. The molecule has 0 unspecified atom stereocenters. The van der Waals surface area contributed by atoms with Crippen LogP contribution in [0.2, 0.25) is 0 Å². The Kier molecular flexibility index (Phi) is 9.19. The Hall–Kier alpha value is -4.46. The summed E-state index contributed by atoms with van der Waals surface area (Å²) in [6, 6.07) is 32.5. The molecule has 1 aliphatic heterocycles. The molecule has 204 valence electrons. The van der Waals surface area contributed by atoms with Crippen molar-refractivity contribution in [3.8, 4) is 11.5 Å². The lowest BCUT2D eigenvalue weighted by atomic mass is 10.0. The maximum Gasteiger partial charge on any atom is 0.253 e. The van der Waals surface area contributed by atoms with Gasteiger partial charge in [0, 0.05) is 12.2 Å². The molecule has 0 aliphatic carbocycles. The number of amides is 2. The highest BCUT2D eigenvalue weighted by molar-refractivity contribution is 5.97. The van der Waals surface area contributed by atoms with Crippen molar-refractivity contribution in [3.05, 3.63) is 120 Å². The van der Waals surface area contributed by atoms with Crippen LogP contribution in [0, 0.1) is 0 Å². The maximum atomic E-state index is 13.2. The average molecular weight is 537 g/mol. The number of carbonyl (C=O) groups is 2. The molecule has 0 saturated heterocycles. The molecule has 0 atom stereocenters. The lowest BCUT2D eigenvalue weighted by Gasteiger charge is -2.31. The molecule has 4 aromatic rings. The quantitative estimate of drug-likeness (QED) is 0.250. The second-order valence-corrected chi connectivity index (χ2v) is 9.54. The summed E-state index contributed by atoms with van der Waals surface area (Å²) >= 11 is 0. The lowest BCUT2D eigenvalue weighted by molar-refractivity contribution is -0.123. The van der Waals surface area contributed by atoms with Gasteiger partial charge in [-0.15, -0.1) is 0 Å². The zero-order chi connectivity index (χ0) is 27.6. The molecule has 5 rings (SSSR count). The smallest absolute Gasteiger partial charge is 0.253 e. The Morgan fingerprint density at radius 1 is 0.725 bits per heavy atom. The topological polar surface area (TPSA) is 77.1 Å². The van der Waals surface area contributed by atoms with Crippen LogP contribution in [0.5, 0.6) is 11.5 Å². The van der Waals surface area contributed by atoms with E-state index in [4.69, 9.17) is 14.2 Å². The summed E-state index contributed by atoms with van der Waals surface area (Å²) in [5.74, 6) is 0.885. The third-order valence-corrected chi connectivity index (χ3v) is 6.53. The summed E-state index contributed by atoms with van der Waals surface area (Å²) in [7, 11) is 0. The van der Waals surface area contributed by atoms with E-state index in [-0.39, 0.29) is 25.0 Å². The minimum atomic E-state index is -0.231. The summed E-state index contributed by atoms with van der Waals surface area (Å²) in [4.78, 5) is 27.2. The van der Waals surface area contributed by atoms with E-state index in [1.54, 1.807) is 29.2 Å². The van der Waals surface area contributed by atoms with Gasteiger partial charge in [-0.3, -0.25) is 9.59 Å². The van der Waals surface area contributed by atoms with Gasteiger partial charge in [-0.05, 0) is 59.9 Å². The highest BCUT2D eigenvalue weighted by Crippen LogP contribution is 2.39. The third-order valence-electron chi connectivity index (χ3n) is 6.53. The first-order valence-electron chi connectivity index (χ1n) is 13.4. The van der Waals surface area contributed by atoms with Gasteiger partial charge in [0.15, 0.2) is 5.75 Å². The number of hydrogen-bond acceptors (Lipinski definition) is 5. The molecule has 1 aliphatic rings. The highest BCUT2D eigenvalue weighted by Gasteiger charge is 2.26. The Labute approximate surface area is 234 Å². The standard InChI is InChI=1S/C33H32N2O5/c36-31(23-38-21-25-9-3-1-4-10-25)34-28-16-18-29(19-17-28)40-30-15-7-13-27-14-8-20-35(33(27)30)32(37)24-39-22-26-11-5-2-6-12-26/h1-7,9-13,15-19H,8,14,20-24H2,(H,34,36). The van der Waals surface area contributed by atoms with E-state index in [1.807, 2.05) is 78.9 Å². The van der Waals surface area contributed by atoms with Crippen LogP contribution in [0.3, 0.4) is 0 Å². The van der Waals surface area contributed by atoms with Crippen molar-refractivity contribution < 1.29 is 23.8 Å². The van der Waals surface area contributed by atoms with Crippen LogP contribution in [0.4, 0.5) is 11.4 Å². The summed E-state index contributed by atoms with van der Waals surface area (Å²) < 4.78 is 17.5. The number of para-hydroxylation sites is 1. The van der Waals surface area contributed by atoms with E-state index >= 15 is 0 Å². The fraction of sp³-hybridized carbons (Fsp3) is 0.212. The summed E-state index contributed by atoms with van der Waals surface area (Å²) in [5.41, 5.74) is 4.54. The van der Waals surface area contributed by atoms with Crippen LogP contribution in [0.25, 0.3) is 0 Å². The molecule has 7 nitrogen and oxygen atoms in total. The van der Waals surface area contributed by atoms with E-state index in [0.29, 0.717) is 36.9 Å². The zero-order valence-electron chi connectivity index (χ0n) is 22.3. The van der Waals surface area contributed by atoms with Crippen LogP contribution in [0.15, 0.2) is 103 Å². The van der Waals surface area contributed by atoms with Crippen molar-refractivity contribution in [3.63, 3.8) is 0 Å². The zero-order valence-corrected chi connectivity index (χ0v) is 22.3. The van der Waals surface area contributed by atoms with Crippen LogP contribution in [-0.2, 0) is 38.7 Å². The molecule has 4 aromatic carbocycles. The normalized spacial score (nSPS) is 12.4. The second-order valence-electron chi connectivity index (χ2n) is 9.54. The molecule has 0 saturated carbocycles. The molecule has 1 heterocycles. The van der Waals surface area contributed by atoms with Gasteiger partial charge in [0.1, 0.15) is 19.0 Å². The Balaban J connectivity index is 1.17. The first-order valence-corrected chi connectivity index (χ1v) is 13.4. The molecule has 0 aromatic heterocycles. The molecule has 40 heavy (non-hydrogen) atoms. The lowest BCUT2D eigenvalue weighted by Crippen LogP contribution is -2.38. The van der Waals surface area contributed by atoms with E-state index in [2.05, 4.69) is 5.32 Å². The highest BCUT2D eigenvalue weighted by atomic mass is 16.5. The van der Waals surface area contributed by atoms with E-state index in [1.165, 1.54) is 0 Å². The van der Waals surface area contributed by atoms with Crippen molar-refractivity contribution >= 4 is 23.2 Å². The summed E-state index contributed by atoms with van der Waals surface area (Å²) in [6.45, 7) is 1.32. The van der Waals surface area contributed by atoms with Crippen molar-refractivity contribution in [2.45, 2.75) is 26.1 Å². The van der Waals surface area contributed by atoms with Gasteiger partial charge in [-0.25, -0.2) is 0 Å². The molecule has 0 fully saturated rings. The van der Waals surface area contributed by atoms with Gasteiger partial charge >= 0.3 is 0 Å². The van der Waals surface area contributed by atoms with Gasteiger partial charge in [-0.2, -0.15) is 0 Å². The molecule has 0 spiro atoms. The van der Waals surface area contributed by atoms with Gasteiger partial charge in [0.25, 0.3) is 5.91 Å².